The molecular weight excluding hydrogens is 383 g/mol. The summed E-state index contributed by atoms with van der Waals surface area (Å²) in [4.78, 5) is 15.1. The van der Waals surface area contributed by atoms with Crippen LogP contribution in [0.2, 0.25) is 0 Å². The Morgan fingerprint density at radius 3 is 1.44 bits per heavy atom. The van der Waals surface area contributed by atoms with E-state index in [-0.39, 0.29) is 24.8 Å². The molecule has 0 aliphatic rings. The first-order chi connectivity index (χ1) is 12.4. The van der Waals surface area contributed by atoms with Gasteiger partial charge in [0.25, 0.3) is 0 Å². The van der Waals surface area contributed by atoms with Crippen LogP contribution in [-0.4, -0.2) is 19.9 Å². The van der Waals surface area contributed by atoms with Crippen LogP contribution < -0.4 is 0 Å². The second-order valence-electron chi connectivity index (χ2n) is 5.67. The highest BCUT2D eigenvalue weighted by Gasteiger charge is 2.11. The molecule has 0 saturated heterocycles. The molecule has 4 aromatic rings. The van der Waals surface area contributed by atoms with Crippen molar-refractivity contribution in [3.8, 4) is 22.5 Å². The van der Waals surface area contributed by atoms with Gasteiger partial charge in [0.15, 0.2) is 0 Å². The van der Waals surface area contributed by atoms with Crippen LogP contribution in [0.15, 0.2) is 73.3 Å². The van der Waals surface area contributed by atoms with Crippen molar-refractivity contribution in [2.75, 3.05) is 0 Å². The van der Waals surface area contributed by atoms with Crippen LogP contribution in [0.4, 0.5) is 0 Å². The molecule has 0 radical (unpaired) electrons. The highest BCUT2D eigenvalue weighted by molar-refractivity contribution is 5.85. The monoisotopic (exact) mass is 402 g/mol. The van der Waals surface area contributed by atoms with E-state index < -0.39 is 0 Å². The van der Waals surface area contributed by atoms with Gasteiger partial charge in [0.1, 0.15) is 0 Å². The lowest BCUT2D eigenvalue weighted by molar-refractivity contribution is 0.103. The highest BCUT2D eigenvalue weighted by atomic mass is 35.5. The predicted molar refractivity (Wildman–Crippen MR) is 111 cm³/mol. The Kier molecular flexibility index (Phi) is 7.61. The first-order valence-electron chi connectivity index (χ1n) is 8.15. The summed E-state index contributed by atoms with van der Waals surface area (Å²) in [6, 6.07) is 20.3. The maximum absolute atomic E-state index is 5.88. The van der Waals surface area contributed by atoms with Crippen molar-refractivity contribution in [3.63, 3.8) is 0 Å². The molecule has 4 rings (SSSR count). The van der Waals surface area contributed by atoms with Crippen molar-refractivity contribution in [2.24, 2.45) is 0 Å². The highest BCUT2D eigenvalue weighted by Crippen LogP contribution is 2.23. The Morgan fingerprint density at radius 2 is 1.04 bits per heavy atom. The fourth-order valence-corrected chi connectivity index (χ4v) is 2.82. The lowest BCUT2D eigenvalue weighted by Gasteiger charge is -2.06. The molecular formula is C20H20Cl2N4O. The summed E-state index contributed by atoms with van der Waals surface area (Å²) >= 11 is 0. The van der Waals surface area contributed by atoms with Crippen molar-refractivity contribution >= 4 is 24.8 Å². The van der Waals surface area contributed by atoms with Crippen LogP contribution in [0.25, 0.3) is 22.5 Å². The van der Waals surface area contributed by atoms with Crippen LogP contribution in [-0.2, 0) is 18.0 Å². The average molecular weight is 403 g/mol. The first kappa shape index (κ1) is 20.7. The molecule has 2 N–H and O–H groups in total. The van der Waals surface area contributed by atoms with Gasteiger partial charge in [-0.3, -0.25) is 0 Å². The lowest BCUT2D eigenvalue weighted by atomic mass is 10.1. The molecule has 0 aliphatic heterocycles. The maximum Gasteiger partial charge on any atom is 0.0929 e. The number of aromatic nitrogens is 4. The van der Waals surface area contributed by atoms with E-state index in [2.05, 4.69) is 44.2 Å². The van der Waals surface area contributed by atoms with Crippen LogP contribution in [0.3, 0.4) is 0 Å². The number of nitrogens with one attached hydrogen (secondary N) is 2. The second kappa shape index (κ2) is 9.92. The summed E-state index contributed by atoms with van der Waals surface area (Å²) in [5, 5.41) is 0. The van der Waals surface area contributed by atoms with Gasteiger partial charge in [-0.15, -0.1) is 24.8 Å². The number of hydrogen-bond acceptors (Lipinski definition) is 3. The molecule has 140 valence electrons. The second-order valence-corrected chi connectivity index (χ2v) is 5.67. The van der Waals surface area contributed by atoms with E-state index >= 15 is 0 Å². The van der Waals surface area contributed by atoms with Gasteiger partial charge in [-0.2, -0.15) is 0 Å². The van der Waals surface area contributed by atoms with Gasteiger partial charge < -0.3 is 14.7 Å². The van der Waals surface area contributed by atoms with Gasteiger partial charge in [0.2, 0.25) is 0 Å². The van der Waals surface area contributed by atoms with Crippen LogP contribution in [0.5, 0.6) is 0 Å². The number of ether oxygens (including phenoxy) is 1. The molecule has 2 aromatic carbocycles. The fourth-order valence-electron chi connectivity index (χ4n) is 2.82. The molecule has 7 heteroatoms. The SMILES string of the molecule is Cl.Cl.c1ccc(-c2[nH]cnc2COCc2nc[nH]c2-c2ccccc2)cc1. The zero-order valence-electron chi connectivity index (χ0n) is 14.5. The Bertz CT molecular complexity index is 861. The van der Waals surface area contributed by atoms with Crippen molar-refractivity contribution in [2.45, 2.75) is 13.2 Å². The predicted octanol–water partition coefficient (Wildman–Crippen LogP) is 5.03. The van der Waals surface area contributed by atoms with E-state index in [0.29, 0.717) is 13.2 Å². The molecule has 0 amide bonds. The van der Waals surface area contributed by atoms with Crippen molar-refractivity contribution in [1.29, 1.82) is 0 Å². The van der Waals surface area contributed by atoms with E-state index in [1.807, 2.05) is 36.4 Å². The quantitative estimate of drug-likeness (QED) is 0.475. The Labute approximate surface area is 170 Å². The molecule has 0 fully saturated rings. The van der Waals surface area contributed by atoms with Crippen molar-refractivity contribution in [1.82, 2.24) is 19.9 Å². The topological polar surface area (TPSA) is 66.6 Å². The van der Waals surface area contributed by atoms with E-state index in [0.717, 1.165) is 33.9 Å². The summed E-state index contributed by atoms with van der Waals surface area (Å²) in [6.07, 6.45) is 3.40. The Balaban J connectivity index is 0.00000131. The fraction of sp³-hybridized carbons (Fsp3) is 0.100. The summed E-state index contributed by atoms with van der Waals surface area (Å²) in [5.41, 5.74) is 5.97. The Morgan fingerprint density at radius 1 is 0.630 bits per heavy atom. The van der Waals surface area contributed by atoms with Crippen LogP contribution in [0.1, 0.15) is 11.4 Å². The third kappa shape index (κ3) is 4.77. The third-order valence-corrected chi connectivity index (χ3v) is 4.04. The van der Waals surface area contributed by atoms with Gasteiger partial charge in [0, 0.05) is 0 Å². The minimum absolute atomic E-state index is 0. The zero-order chi connectivity index (χ0) is 16.9. The molecule has 2 heterocycles. The van der Waals surface area contributed by atoms with E-state index in [9.17, 15) is 0 Å². The minimum Gasteiger partial charge on any atom is -0.369 e. The number of nitrogens with zero attached hydrogens (tertiary/aromatic N) is 2. The first-order valence-corrected chi connectivity index (χ1v) is 8.15. The van der Waals surface area contributed by atoms with Gasteiger partial charge in [-0.05, 0) is 11.1 Å². The van der Waals surface area contributed by atoms with Gasteiger partial charge in [-0.1, -0.05) is 60.7 Å². The maximum atomic E-state index is 5.88. The summed E-state index contributed by atoms with van der Waals surface area (Å²) < 4.78 is 5.88. The average Bonchev–Trinajstić information content (AvgIpc) is 3.33. The molecule has 2 aromatic heterocycles. The molecule has 0 saturated carbocycles. The smallest absolute Gasteiger partial charge is 0.0929 e. The summed E-state index contributed by atoms with van der Waals surface area (Å²) in [6.45, 7) is 0.851. The largest absolute Gasteiger partial charge is 0.369 e. The van der Waals surface area contributed by atoms with Crippen LogP contribution in [0, 0.1) is 0 Å². The van der Waals surface area contributed by atoms with Gasteiger partial charge >= 0.3 is 0 Å². The van der Waals surface area contributed by atoms with Gasteiger partial charge in [0.05, 0.1) is 48.6 Å². The molecule has 0 atom stereocenters. The number of aromatic amines is 2. The van der Waals surface area contributed by atoms with E-state index in [4.69, 9.17) is 4.74 Å². The van der Waals surface area contributed by atoms with E-state index in [1.165, 1.54) is 0 Å². The third-order valence-electron chi connectivity index (χ3n) is 4.04. The molecule has 0 aliphatic carbocycles. The van der Waals surface area contributed by atoms with E-state index in [1.54, 1.807) is 12.7 Å². The van der Waals surface area contributed by atoms with Crippen molar-refractivity contribution in [3.05, 3.63) is 84.7 Å². The number of halogens is 2. The number of hydrogen-bond donors (Lipinski definition) is 2. The minimum atomic E-state index is 0. The summed E-state index contributed by atoms with van der Waals surface area (Å²) in [5.74, 6) is 0. The molecule has 5 nitrogen and oxygen atoms in total. The van der Waals surface area contributed by atoms with Gasteiger partial charge in [-0.25, -0.2) is 9.97 Å². The standard InChI is InChI=1S/C20H18N4O.2ClH/c1-3-7-15(8-4-1)19-17(21-13-23-19)11-25-12-18-20(24-14-22-18)16-9-5-2-6-10-16;;/h1-10,13-14H,11-12H2,(H,21,23)(H,22,24);2*1H. The summed E-state index contributed by atoms with van der Waals surface area (Å²) in [7, 11) is 0. The number of benzene rings is 2. The molecule has 0 spiro atoms. The molecule has 0 bridgehead atoms. The number of H-pyrrole nitrogens is 2. The zero-order valence-corrected chi connectivity index (χ0v) is 16.1. The van der Waals surface area contributed by atoms with Crippen LogP contribution >= 0.6 is 24.8 Å². The lowest BCUT2D eigenvalue weighted by Crippen LogP contribution is -1.98. The molecule has 27 heavy (non-hydrogen) atoms. The number of rotatable bonds is 6. The van der Waals surface area contributed by atoms with Crippen molar-refractivity contribution < 1.29 is 4.74 Å². The normalized spacial score (nSPS) is 10.1. The number of imidazole rings is 2. The Hall–Kier alpha value is -2.60. The molecule has 0 unspecified atom stereocenters.